The molecule has 0 radical (unpaired) electrons. The largest absolute Gasteiger partial charge is 0.392 e. The van der Waals surface area contributed by atoms with Crippen molar-refractivity contribution in [2.75, 3.05) is 25.0 Å². The molecule has 0 saturated carbocycles. The molecule has 1 aromatic rings. The van der Waals surface area contributed by atoms with Gasteiger partial charge in [-0.15, -0.1) is 0 Å². The number of carbonyl (C=O) groups excluding carboxylic acids is 1. The number of anilines is 1. The second kappa shape index (κ2) is 6.69. The molecule has 2 N–H and O–H groups in total. The summed E-state index contributed by atoms with van der Waals surface area (Å²) in [5.74, 6) is -0.304. The van der Waals surface area contributed by atoms with Gasteiger partial charge in [-0.3, -0.25) is 14.9 Å². The fraction of sp³-hybridized carbons (Fsp3) is 0.417. The number of nitrogens with one attached hydrogen (secondary N) is 1. The molecule has 0 heterocycles. The summed E-state index contributed by atoms with van der Waals surface area (Å²) >= 11 is 0. The molecular formula is C12H17N3O4. The molecule has 104 valence electrons. The topological polar surface area (TPSA) is 95.7 Å². The molecule has 1 amide bonds. The lowest BCUT2D eigenvalue weighted by atomic mass is 10.2. The Hall–Kier alpha value is -2.15. The lowest BCUT2D eigenvalue weighted by molar-refractivity contribution is -0.384. The minimum Gasteiger partial charge on any atom is -0.392 e. The fourth-order valence-electron chi connectivity index (χ4n) is 1.56. The van der Waals surface area contributed by atoms with Crippen LogP contribution in [0.1, 0.15) is 6.92 Å². The first-order valence-corrected chi connectivity index (χ1v) is 5.81. The number of hydrogen-bond donors (Lipinski definition) is 2. The lowest BCUT2D eigenvalue weighted by Crippen LogP contribution is -2.38. The number of nitro benzene ring substituents is 1. The van der Waals surface area contributed by atoms with Crippen molar-refractivity contribution in [3.63, 3.8) is 0 Å². The summed E-state index contributed by atoms with van der Waals surface area (Å²) in [7, 11) is 1.60. The Morgan fingerprint density at radius 3 is 2.74 bits per heavy atom. The lowest BCUT2D eigenvalue weighted by Gasteiger charge is -2.18. The van der Waals surface area contributed by atoms with Crippen LogP contribution in [0.3, 0.4) is 0 Å². The minimum atomic E-state index is -0.625. The van der Waals surface area contributed by atoms with Crippen LogP contribution in [0.15, 0.2) is 24.3 Å². The third kappa shape index (κ3) is 4.55. The Kier molecular flexibility index (Phi) is 5.25. The van der Waals surface area contributed by atoms with Gasteiger partial charge in [-0.2, -0.15) is 0 Å². The van der Waals surface area contributed by atoms with E-state index in [0.29, 0.717) is 5.69 Å². The summed E-state index contributed by atoms with van der Waals surface area (Å²) in [4.78, 5) is 23.5. The molecule has 1 atom stereocenters. The average molecular weight is 267 g/mol. The maximum absolute atomic E-state index is 11.6. The number of carbonyl (C=O) groups is 1. The van der Waals surface area contributed by atoms with E-state index in [0.717, 1.165) is 0 Å². The van der Waals surface area contributed by atoms with Crippen molar-refractivity contribution in [1.29, 1.82) is 0 Å². The number of likely N-dealkylation sites (N-methyl/N-ethyl adjacent to an activating group) is 1. The highest BCUT2D eigenvalue weighted by atomic mass is 16.6. The summed E-state index contributed by atoms with van der Waals surface area (Å²) in [5, 5.41) is 22.5. The van der Waals surface area contributed by atoms with Gasteiger partial charge in [-0.05, 0) is 13.0 Å². The van der Waals surface area contributed by atoms with Crippen molar-refractivity contribution in [3.05, 3.63) is 34.4 Å². The molecule has 0 aromatic heterocycles. The van der Waals surface area contributed by atoms with Gasteiger partial charge in [0.25, 0.3) is 5.69 Å². The van der Waals surface area contributed by atoms with Gasteiger partial charge in [-0.1, -0.05) is 12.1 Å². The Morgan fingerprint density at radius 2 is 2.16 bits per heavy atom. The predicted octanol–water partition coefficient (Wildman–Crippen LogP) is 0.528. The van der Waals surface area contributed by atoms with Crippen molar-refractivity contribution in [3.8, 4) is 0 Å². The zero-order valence-corrected chi connectivity index (χ0v) is 10.9. The Bertz CT molecular complexity index is 462. The maximum atomic E-state index is 11.6. The molecule has 1 unspecified atom stereocenters. The Morgan fingerprint density at radius 1 is 1.53 bits per heavy atom. The number of hydrogen-bond acceptors (Lipinski definition) is 5. The molecule has 0 saturated heterocycles. The van der Waals surface area contributed by atoms with E-state index < -0.39 is 11.0 Å². The first-order chi connectivity index (χ1) is 8.91. The molecule has 0 bridgehead atoms. The van der Waals surface area contributed by atoms with Crippen LogP contribution in [0.25, 0.3) is 0 Å². The molecule has 7 heteroatoms. The van der Waals surface area contributed by atoms with Crippen LogP contribution in [0, 0.1) is 10.1 Å². The van der Waals surface area contributed by atoms with Crippen LogP contribution in [0.4, 0.5) is 11.4 Å². The number of amides is 1. The number of rotatable bonds is 6. The van der Waals surface area contributed by atoms with Crippen molar-refractivity contribution in [2.24, 2.45) is 0 Å². The molecule has 19 heavy (non-hydrogen) atoms. The fourth-order valence-corrected chi connectivity index (χ4v) is 1.56. The van der Waals surface area contributed by atoms with Gasteiger partial charge in [0.1, 0.15) is 5.69 Å². The smallest absolute Gasteiger partial charge is 0.292 e. The number of aliphatic hydroxyl groups excluding tert-OH is 1. The second-order valence-electron chi connectivity index (χ2n) is 4.25. The van der Waals surface area contributed by atoms with E-state index in [1.54, 1.807) is 32.2 Å². The standard InChI is InChI=1S/C12H17N3O4/c1-9(16)7-13-12(17)8-14(2)10-5-3-4-6-11(10)15(18)19/h3-6,9,16H,7-8H2,1-2H3,(H,13,17). The van der Waals surface area contributed by atoms with Crippen molar-refractivity contribution in [2.45, 2.75) is 13.0 Å². The van der Waals surface area contributed by atoms with E-state index >= 15 is 0 Å². The van der Waals surface area contributed by atoms with Crippen LogP contribution >= 0.6 is 0 Å². The first-order valence-electron chi connectivity index (χ1n) is 5.81. The zero-order chi connectivity index (χ0) is 14.4. The molecule has 1 aromatic carbocycles. The number of aliphatic hydroxyl groups is 1. The van der Waals surface area contributed by atoms with Gasteiger partial charge in [0, 0.05) is 19.7 Å². The quantitative estimate of drug-likeness (QED) is 0.579. The highest BCUT2D eigenvalue weighted by Gasteiger charge is 2.17. The molecule has 0 aliphatic rings. The number of nitro groups is 1. The Labute approximate surface area is 111 Å². The van der Waals surface area contributed by atoms with Gasteiger partial charge in [0.05, 0.1) is 17.6 Å². The van der Waals surface area contributed by atoms with E-state index in [1.807, 2.05) is 0 Å². The highest BCUT2D eigenvalue weighted by Crippen LogP contribution is 2.26. The van der Waals surface area contributed by atoms with Gasteiger partial charge in [0.2, 0.25) is 5.91 Å². The van der Waals surface area contributed by atoms with Gasteiger partial charge in [0.15, 0.2) is 0 Å². The predicted molar refractivity (Wildman–Crippen MR) is 71.1 cm³/mol. The summed E-state index contributed by atoms with van der Waals surface area (Å²) in [6.45, 7) is 1.70. The summed E-state index contributed by atoms with van der Waals surface area (Å²) < 4.78 is 0. The molecule has 0 fully saturated rings. The number of para-hydroxylation sites is 2. The van der Waals surface area contributed by atoms with E-state index in [1.165, 1.54) is 11.0 Å². The van der Waals surface area contributed by atoms with Crippen molar-refractivity contribution >= 4 is 17.3 Å². The second-order valence-corrected chi connectivity index (χ2v) is 4.25. The van der Waals surface area contributed by atoms with Gasteiger partial charge < -0.3 is 15.3 Å². The molecule has 1 rings (SSSR count). The molecule has 0 aliphatic heterocycles. The number of benzene rings is 1. The number of nitrogens with zero attached hydrogens (tertiary/aromatic N) is 2. The van der Waals surface area contributed by atoms with Crippen LogP contribution in [0.5, 0.6) is 0 Å². The van der Waals surface area contributed by atoms with Gasteiger partial charge in [-0.25, -0.2) is 0 Å². The van der Waals surface area contributed by atoms with E-state index in [9.17, 15) is 14.9 Å². The molecule has 0 aliphatic carbocycles. The van der Waals surface area contributed by atoms with E-state index in [-0.39, 0.29) is 24.7 Å². The first kappa shape index (κ1) is 14.9. The monoisotopic (exact) mass is 267 g/mol. The zero-order valence-electron chi connectivity index (χ0n) is 10.9. The Balaban J connectivity index is 2.70. The molecule has 7 nitrogen and oxygen atoms in total. The third-order valence-corrected chi connectivity index (χ3v) is 2.47. The average Bonchev–Trinajstić information content (AvgIpc) is 2.36. The van der Waals surface area contributed by atoms with E-state index in [4.69, 9.17) is 5.11 Å². The highest BCUT2D eigenvalue weighted by molar-refractivity contribution is 5.82. The minimum absolute atomic E-state index is 0.0163. The van der Waals surface area contributed by atoms with Crippen molar-refractivity contribution in [1.82, 2.24) is 5.32 Å². The van der Waals surface area contributed by atoms with Crippen LogP contribution in [-0.4, -0.2) is 42.2 Å². The molecule has 0 spiro atoms. The normalized spacial score (nSPS) is 11.7. The molecular weight excluding hydrogens is 250 g/mol. The van der Waals surface area contributed by atoms with E-state index in [2.05, 4.69) is 5.32 Å². The third-order valence-electron chi connectivity index (χ3n) is 2.47. The summed E-state index contributed by atoms with van der Waals surface area (Å²) in [5.41, 5.74) is 0.327. The van der Waals surface area contributed by atoms with Crippen LogP contribution < -0.4 is 10.2 Å². The van der Waals surface area contributed by atoms with Crippen molar-refractivity contribution < 1.29 is 14.8 Å². The maximum Gasteiger partial charge on any atom is 0.292 e. The van der Waals surface area contributed by atoms with Crippen LogP contribution in [-0.2, 0) is 4.79 Å². The van der Waals surface area contributed by atoms with Gasteiger partial charge >= 0.3 is 0 Å². The summed E-state index contributed by atoms with van der Waals surface area (Å²) in [6, 6.07) is 6.22. The van der Waals surface area contributed by atoms with Crippen LogP contribution in [0.2, 0.25) is 0 Å². The SMILES string of the molecule is CC(O)CNC(=O)CN(C)c1ccccc1[N+](=O)[O-]. The summed E-state index contributed by atoms with van der Waals surface area (Å²) in [6.07, 6.45) is -0.625.